The van der Waals surface area contributed by atoms with Gasteiger partial charge in [0, 0.05) is 27.7 Å². The average molecular weight is 1430 g/mol. The fourth-order valence-electron chi connectivity index (χ4n) is 12.8. The summed E-state index contributed by atoms with van der Waals surface area (Å²) in [6, 6.07) is -8.87. The molecular formula is C54H88N6O38. The number of amides is 5. The molecule has 0 radical (unpaired) electrons. The molecule has 3 unspecified atom stereocenters. The Hall–Kier alpha value is -4.46. The number of rotatable bonds is 25. The molecule has 0 aromatic carbocycles. The number of primary amides is 1. The minimum Gasteiger partial charge on any atom is -0.432 e. The van der Waals surface area contributed by atoms with Crippen LogP contribution in [0.1, 0.15) is 34.1 Å². The third-order valence-electron chi connectivity index (χ3n) is 17.7. The fraction of sp³-hybridized carbons (Fsp3) is 0.889. The van der Waals surface area contributed by atoms with E-state index in [2.05, 4.69) is 21.3 Å². The van der Waals surface area contributed by atoms with E-state index in [0.29, 0.717) is 0 Å². The molecular weight excluding hydrogens is 1340 g/mol. The van der Waals surface area contributed by atoms with Crippen LogP contribution >= 0.6 is 0 Å². The van der Waals surface area contributed by atoms with Crippen LogP contribution in [0.4, 0.5) is 0 Å². The van der Waals surface area contributed by atoms with Gasteiger partial charge in [0.05, 0.1) is 52.1 Å². The molecule has 0 aliphatic carbocycles. The maximum atomic E-state index is 13.0. The van der Waals surface area contributed by atoms with Crippen molar-refractivity contribution in [3.8, 4) is 0 Å². The lowest BCUT2D eigenvalue weighted by Crippen LogP contribution is -2.81. The minimum absolute atomic E-state index is 0.716. The van der Waals surface area contributed by atoms with Gasteiger partial charge in [-0.3, -0.25) is 28.8 Å². The third-order valence-corrected chi connectivity index (χ3v) is 17.7. The van der Waals surface area contributed by atoms with Crippen LogP contribution in [-0.2, 0) is 95.1 Å². The largest absolute Gasteiger partial charge is 0.432 e. The highest BCUT2D eigenvalue weighted by atomic mass is 16.8. The van der Waals surface area contributed by atoms with Crippen molar-refractivity contribution in [3.05, 3.63) is 0 Å². The van der Waals surface area contributed by atoms with E-state index in [1.165, 1.54) is 0 Å². The number of aliphatic hydroxyl groups is 18. The second kappa shape index (κ2) is 33.3. The molecule has 2 bridgehead atoms. The monoisotopic (exact) mass is 1430 g/mol. The average Bonchev–Trinajstić information content (AvgIpc) is 0.713. The van der Waals surface area contributed by atoms with Crippen LogP contribution in [-0.4, -0.2) is 393 Å². The lowest BCUT2D eigenvalue weighted by Gasteiger charge is -2.59. The summed E-state index contributed by atoms with van der Waals surface area (Å²) < 4.78 is 82.5. The molecule has 9 saturated heterocycles. The van der Waals surface area contributed by atoms with E-state index >= 15 is 0 Å². The van der Waals surface area contributed by atoms with E-state index in [1.54, 1.807) is 0 Å². The second-order valence-corrected chi connectivity index (χ2v) is 24.7. The van der Waals surface area contributed by atoms with Gasteiger partial charge < -0.3 is 191 Å². The Balaban J connectivity index is 1.11. The maximum absolute atomic E-state index is 13.0. The molecule has 98 heavy (non-hydrogen) atoms. The Labute approximate surface area is 554 Å². The summed E-state index contributed by atoms with van der Waals surface area (Å²) in [7, 11) is 0. The predicted molar refractivity (Wildman–Crippen MR) is 302 cm³/mol. The summed E-state index contributed by atoms with van der Waals surface area (Å²) in [5.41, 5.74) is 10.9. The van der Waals surface area contributed by atoms with Crippen LogP contribution in [0.3, 0.4) is 0 Å². The van der Waals surface area contributed by atoms with Crippen LogP contribution in [0.2, 0.25) is 0 Å². The number of carbonyl (C=O) groups excluding carboxylic acids is 6. The lowest BCUT2D eigenvalue weighted by molar-refractivity contribution is -0.481. The third kappa shape index (κ3) is 16.8. The van der Waals surface area contributed by atoms with Gasteiger partial charge in [-0.15, -0.1) is 0 Å². The molecule has 9 fully saturated rings. The van der Waals surface area contributed by atoms with Gasteiger partial charge in [0.1, 0.15) is 177 Å². The van der Waals surface area contributed by atoms with Gasteiger partial charge in [0.25, 0.3) is 0 Å². The Morgan fingerprint density at radius 1 is 0.408 bits per heavy atom. The van der Waals surface area contributed by atoms with Gasteiger partial charge >= 0.3 is 5.97 Å². The van der Waals surface area contributed by atoms with Gasteiger partial charge in [-0.25, -0.2) is 0 Å². The van der Waals surface area contributed by atoms with Crippen LogP contribution in [0, 0.1) is 0 Å². The van der Waals surface area contributed by atoms with Crippen LogP contribution in [0.25, 0.3) is 0 Å². The molecule has 9 heterocycles. The van der Waals surface area contributed by atoms with Crippen molar-refractivity contribution in [2.75, 3.05) is 39.6 Å². The van der Waals surface area contributed by atoms with E-state index < -0.39 is 308 Å². The first-order valence-corrected chi connectivity index (χ1v) is 30.9. The number of aliphatic hydroxyl groups excluding tert-OH is 17. The summed E-state index contributed by atoms with van der Waals surface area (Å²) >= 11 is 0. The van der Waals surface area contributed by atoms with E-state index in [-0.39, 0.29) is 0 Å². The number of hydrogen-bond acceptors (Lipinski definition) is 39. The standard InChI is InChI=1S/C54H88N6O38/c1-12(66)57-24-32(75)28(71)17(6-61)86-45(24)54(84)46-38(81)37(80)44(98-54)53(96-46)94-42-31(74)22(11-85-52-43(36(79)30(73)19(8-63)88-52)95-48-25(58-13(2)67)33(76)29(72)18(7-62)87-48)91-51(39(42)82)93-41-21(10-65)89-49(26(34(41)77)59-14(3)68)92-40-20(9-64)90-50(27(35(40)78)60-15(4)69)97-47(83)16(55)5-23(56)70/h16-22,24-46,48-53,61-65,71-82,84H,5-11,55H2,1-4H3,(H2,56,70)(H,57,66)(H,58,67)(H,59,68)(H,60,69)/t16?,17-,18-,19-,20-,21-,22-,24-,25-,26-,27?,28-,29-,30-,31-,32-,33+,34-,35-,36+,37+,38+,39+,40-,41-,42+,43+,44-,45-,46+,48+,49-,50+,51-,52+,53+,54?/m1/s1. The van der Waals surface area contributed by atoms with Crippen molar-refractivity contribution >= 4 is 35.5 Å². The summed E-state index contributed by atoms with van der Waals surface area (Å²) in [4.78, 5) is 74.6. The van der Waals surface area contributed by atoms with Crippen molar-refractivity contribution in [2.24, 2.45) is 11.5 Å². The Bertz CT molecular complexity index is 2710. The highest BCUT2D eigenvalue weighted by Gasteiger charge is 2.70. The number of esters is 1. The molecule has 37 atom stereocenters. The number of carbonyl (C=O) groups is 6. The second-order valence-electron chi connectivity index (χ2n) is 24.7. The van der Waals surface area contributed by atoms with Crippen molar-refractivity contribution in [1.29, 1.82) is 0 Å². The minimum atomic E-state index is -3.07. The molecule has 9 aliphatic rings. The van der Waals surface area contributed by atoms with Crippen molar-refractivity contribution < 1.29 is 187 Å². The summed E-state index contributed by atoms with van der Waals surface area (Å²) in [5.74, 6) is -8.87. The molecule has 9 rings (SSSR count). The Morgan fingerprint density at radius 2 is 0.816 bits per heavy atom. The number of ether oxygens (including phenoxy) is 14. The first kappa shape index (κ1) is 79.2. The predicted octanol–water partition coefficient (Wildman–Crippen LogP) is -17.2. The topological polar surface area (TPSA) is 696 Å². The van der Waals surface area contributed by atoms with Crippen molar-refractivity contribution in [2.45, 2.75) is 260 Å². The SMILES string of the molecule is CC(=O)NC1[C@H](OC(=O)C(N)CC(N)=O)O[C@H](CO)[C@@H](O[C@H]2O[C@H](CO)[C@@H](O[C@H]3O[C@H](CO[C@H]4O[C@H](CO)[C@@H](O)[C@H](O)[C@@H]4O[C@@H]4O[C@H](CO)[C@@H](O)[C@@H](O)[C@H]4NC(C)=O)[C@@H](O)[C@H](O[C@H]4O[C@H]5[C@@H](O)[C@H](O)[C@H]4OC5(O)[C@@H]4O[C@H](CO)[C@@H](O)[C@H](O)[C@H]4NC(C)=O)[C@@H]3O)[C@H](O)[C@H]2NC(C)=O)[C@@H]1O. The number of nitrogens with one attached hydrogen (secondary N) is 4. The summed E-state index contributed by atoms with van der Waals surface area (Å²) in [5, 5.41) is 211. The number of fused-ring (bicyclic) bond motifs is 3. The molecule has 562 valence electrons. The molecule has 44 nitrogen and oxygen atoms in total. The molecule has 9 aliphatic heterocycles. The van der Waals surface area contributed by atoms with Crippen LogP contribution in [0.15, 0.2) is 0 Å². The Morgan fingerprint density at radius 3 is 1.33 bits per heavy atom. The molecule has 0 spiro atoms. The highest BCUT2D eigenvalue weighted by Crippen LogP contribution is 2.46. The van der Waals surface area contributed by atoms with Crippen LogP contribution in [0.5, 0.6) is 0 Å². The molecule has 44 heteroatoms. The lowest BCUT2D eigenvalue weighted by atomic mass is 9.80. The zero-order valence-corrected chi connectivity index (χ0v) is 52.6. The molecule has 26 N–H and O–H groups in total. The zero-order valence-electron chi connectivity index (χ0n) is 52.6. The van der Waals surface area contributed by atoms with E-state index in [0.717, 1.165) is 27.7 Å². The summed E-state index contributed by atoms with van der Waals surface area (Å²) in [6.45, 7) is -2.43. The number of nitrogens with two attached hydrogens (primary N) is 2. The van der Waals surface area contributed by atoms with Gasteiger partial charge in [-0.05, 0) is 0 Å². The van der Waals surface area contributed by atoms with Crippen molar-refractivity contribution in [1.82, 2.24) is 21.3 Å². The zero-order chi connectivity index (χ0) is 72.4. The molecule has 5 amide bonds. The molecule has 0 aromatic heterocycles. The van der Waals surface area contributed by atoms with Gasteiger partial charge in [-0.1, -0.05) is 0 Å². The first-order chi connectivity index (χ1) is 46.1. The van der Waals surface area contributed by atoms with Gasteiger partial charge in [0.2, 0.25) is 41.6 Å². The smallest absolute Gasteiger partial charge is 0.325 e. The van der Waals surface area contributed by atoms with Crippen LogP contribution < -0.4 is 32.7 Å². The summed E-state index contributed by atoms with van der Waals surface area (Å²) in [6.07, 6.45) is -64.2. The molecule has 0 saturated carbocycles. The number of hydrogen-bond donors (Lipinski definition) is 24. The fourth-order valence-corrected chi connectivity index (χ4v) is 12.8. The highest BCUT2D eigenvalue weighted by molar-refractivity contribution is 5.84. The van der Waals surface area contributed by atoms with E-state index in [1.807, 2.05) is 0 Å². The molecule has 0 aromatic rings. The normalized spacial score (nSPS) is 46.9. The van der Waals surface area contributed by atoms with Gasteiger partial charge in [-0.2, -0.15) is 0 Å². The van der Waals surface area contributed by atoms with Crippen molar-refractivity contribution in [3.63, 3.8) is 0 Å². The first-order valence-electron chi connectivity index (χ1n) is 30.9. The van der Waals surface area contributed by atoms with E-state index in [4.69, 9.17) is 77.8 Å². The van der Waals surface area contributed by atoms with E-state index in [9.17, 15) is 121 Å². The van der Waals surface area contributed by atoms with Gasteiger partial charge in [0.15, 0.2) is 31.5 Å². The Kier molecular flexibility index (Phi) is 26.9. The maximum Gasteiger partial charge on any atom is 0.325 e. The quantitative estimate of drug-likeness (QED) is 0.0377.